The highest BCUT2D eigenvalue weighted by molar-refractivity contribution is 5.92. The maximum absolute atomic E-state index is 11.7. The first-order valence-corrected chi connectivity index (χ1v) is 6.56. The Bertz CT molecular complexity index is 396. The van der Waals surface area contributed by atoms with Crippen molar-refractivity contribution in [3.05, 3.63) is 29.8 Å². The van der Waals surface area contributed by atoms with E-state index in [1.54, 1.807) is 12.1 Å². The summed E-state index contributed by atoms with van der Waals surface area (Å²) in [7, 11) is 0. The number of aromatic hydroxyl groups is 1. The van der Waals surface area contributed by atoms with Gasteiger partial charge in [0.15, 0.2) is 0 Å². The van der Waals surface area contributed by atoms with Crippen molar-refractivity contribution in [3.63, 3.8) is 0 Å². The highest BCUT2D eigenvalue weighted by Gasteiger charge is 2.11. The van der Waals surface area contributed by atoms with Gasteiger partial charge >= 0.3 is 5.97 Å². The molecule has 0 saturated carbocycles. The van der Waals surface area contributed by atoms with Gasteiger partial charge in [0.05, 0.1) is 6.61 Å². The minimum atomic E-state index is -0.506. The van der Waals surface area contributed by atoms with Crippen LogP contribution in [0.15, 0.2) is 24.3 Å². The van der Waals surface area contributed by atoms with Crippen LogP contribution in [0.5, 0.6) is 5.75 Å². The van der Waals surface area contributed by atoms with Gasteiger partial charge < -0.3 is 21.3 Å². The fourth-order valence-corrected chi connectivity index (χ4v) is 1.76. The van der Waals surface area contributed by atoms with E-state index < -0.39 is 5.97 Å². The minimum Gasteiger partial charge on any atom is -0.507 e. The first-order chi connectivity index (χ1) is 9.15. The van der Waals surface area contributed by atoms with Crippen molar-refractivity contribution in [2.75, 3.05) is 13.2 Å². The summed E-state index contributed by atoms with van der Waals surface area (Å²) in [4.78, 5) is 11.7. The molecule has 0 aliphatic heterocycles. The zero-order valence-electron chi connectivity index (χ0n) is 11.0. The van der Waals surface area contributed by atoms with E-state index in [2.05, 4.69) is 0 Å². The number of hydrogen-bond donors (Lipinski definition) is 3. The number of hydrogen-bond acceptors (Lipinski definition) is 5. The Hall–Kier alpha value is -1.59. The Labute approximate surface area is 113 Å². The first-order valence-electron chi connectivity index (χ1n) is 6.56. The topological polar surface area (TPSA) is 98.6 Å². The third-order valence-corrected chi connectivity index (χ3v) is 2.86. The average Bonchev–Trinajstić information content (AvgIpc) is 2.41. The quantitative estimate of drug-likeness (QED) is 0.488. The minimum absolute atomic E-state index is 0.0628. The Balaban J connectivity index is 2.23. The number of carbonyl (C=O) groups is 1. The van der Waals surface area contributed by atoms with Crippen LogP contribution in [0.4, 0.5) is 0 Å². The van der Waals surface area contributed by atoms with Crippen molar-refractivity contribution in [2.24, 2.45) is 11.5 Å². The molecule has 0 amide bonds. The summed E-state index contributed by atoms with van der Waals surface area (Å²) in [6, 6.07) is 6.43. The number of ether oxygens (including phenoxy) is 1. The molecule has 1 unspecified atom stereocenters. The summed E-state index contributed by atoms with van der Waals surface area (Å²) in [5.41, 5.74) is 11.5. The standard InChI is InChI=1S/C14H22N2O3/c15-9-3-5-11(16)6-4-10-19-14(18)12-7-1-2-8-13(12)17/h1-2,7-8,11,17H,3-6,9-10,15-16H2. The molecule has 5 nitrogen and oxygen atoms in total. The summed E-state index contributed by atoms with van der Waals surface area (Å²) >= 11 is 0. The lowest BCUT2D eigenvalue weighted by molar-refractivity contribution is 0.0493. The summed E-state index contributed by atoms with van der Waals surface area (Å²) < 4.78 is 5.08. The number of phenols is 1. The molecule has 5 N–H and O–H groups in total. The van der Waals surface area contributed by atoms with Crippen LogP contribution in [0.3, 0.4) is 0 Å². The van der Waals surface area contributed by atoms with Crippen LogP contribution in [-0.2, 0) is 4.74 Å². The van der Waals surface area contributed by atoms with Gasteiger partial charge in [-0.3, -0.25) is 0 Å². The van der Waals surface area contributed by atoms with E-state index in [9.17, 15) is 9.90 Å². The monoisotopic (exact) mass is 266 g/mol. The molecule has 1 aromatic carbocycles. The predicted molar refractivity (Wildman–Crippen MR) is 73.9 cm³/mol. The second-order valence-electron chi connectivity index (χ2n) is 4.49. The van der Waals surface area contributed by atoms with Crippen molar-refractivity contribution in [1.29, 1.82) is 0 Å². The van der Waals surface area contributed by atoms with Crippen LogP contribution in [-0.4, -0.2) is 30.3 Å². The molecule has 0 heterocycles. The van der Waals surface area contributed by atoms with Crippen LogP contribution in [0.1, 0.15) is 36.0 Å². The number of rotatable bonds is 8. The van der Waals surface area contributed by atoms with Crippen LogP contribution in [0.25, 0.3) is 0 Å². The molecule has 0 bridgehead atoms. The number of carbonyl (C=O) groups excluding carboxylic acids is 1. The van der Waals surface area contributed by atoms with Gasteiger partial charge in [-0.2, -0.15) is 0 Å². The van der Waals surface area contributed by atoms with E-state index in [-0.39, 0.29) is 17.4 Å². The molecule has 0 aliphatic rings. The SMILES string of the molecule is NCCCC(N)CCCOC(=O)c1ccccc1O. The van der Waals surface area contributed by atoms with E-state index in [0.29, 0.717) is 19.6 Å². The molecule has 0 radical (unpaired) electrons. The van der Waals surface area contributed by atoms with Crippen molar-refractivity contribution >= 4 is 5.97 Å². The van der Waals surface area contributed by atoms with E-state index in [0.717, 1.165) is 19.3 Å². The maximum atomic E-state index is 11.7. The zero-order valence-corrected chi connectivity index (χ0v) is 11.0. The largest absolute Gasteiger partial charge is 0.507 e. The smallest absolute Gasteiger partial charge is 0.341 e. The molecule has 0 aromatic heterocycles. The summed E-state index contributed by atoms with van der Waals surface area (Å²) in [5.74, 6) is -0.569. The molecule has 0 fully saturated rings. The van der Waals surface area contributed by atoms with E-state index in [4.69, 9.17) is 16.2 Å². The van der Waals surface area contributed by atoms with E-state index in [1.165, 1.54) is 12.1 Å². The highest BCUT2D eigenvalue weighted by Crippen LogP contribution is 2.16. The van der Waals surface area contributed by atoms with Crippen molar-refractivity contribution in [3.8, 4) is 5.75 Å². The van der Waals surface area contributed by atoms with Crippen LogP contribution >= 0.6 is 0 Å². The number of esters is 1. The number of para-hydroxylation sites is 1. The number of nitrogens with two attached hydrogens (primary N) is 2. The van der Waals surface area contributed by atoms with Gasteiger partial charge in [-0.15, -0.1) is 0 Å². The average molecular weight is 266 g/mol. The molecule has 5 heteroatoms. The summed E-state index contributed by atoms with van der Waals surface area (Å²) in [5, 5.41) is 9.49. The Kier molecular flexibility index (Phi) is 6.92. The molecule has 0 saturated heterocycles. The van der Waals surface area contributed by atoms with Gasteiger partial charge in [-0.25, -0.2) is 4.79 Å². The molecule has 19 heavy (non-hydrogen) atoms. The molecule has 0 spiro atoms. The highest BCUT2D eigenvalue weighted by atomic mass is 16.5. The Morgan fingerprint density at radius 2 is 1.95 bits per heavy atom. The molecule has 1 rings (SSSR count). The summed E-state index contributed by atoms with van der Waals surface area (Å²) in [6.07, 6.45) is 3.32. The molecule has 1 atom stereocenters. The number of benzene rings is 1. The van der Waals surface area contributed by atoms with E-state index >= 15 is 0 Å². The van der Waals surface area contributed by atoms with Crippen molar-refractivity contribution < 1.29 is 14.6 Å². The lowest BCUT2D eigenvalue weighted by Gasteiger charge is -2.11. The van der Waals surface area contributed by atoms with Gasteiger partial charge in [-0.1, -0.05) is 12.1 Å². The lowest BCUT2D eigenvalue weighted by atomic mass is 10.1. The van der Waals surface area contributed by atoms with Crippen LogP contribution in [0.2, 0.25) is 0 Å². The molecule has 106 valence electrons. The van der Waals surface area contributed by atoms with Crippen molar-refractivity contribution in [1.82, 2.24) is 0 Å². The predicted octanol–water partition coefficient (Wildman–Crippen LogP) is 1.40. The van der Waals surface area contributed by atoms with Gasteiger partial charge in [0.1, 0.15) is 11.3 Å². The van der Waals surface area contributed by atoms with Gasteiger partial charge in [0.25, 0.3) is 0 Å². The second kappa shape index (κ2) is 8.50. The van der Waals surface area contributed by atoms with Crippen molar-refractivity contribution in [2.45, 2.75) is 31.7 Å². The fourth-order valence-electron chi connectivity index (χ4n) is 1.76. The van der Waals surface area contributed by atoms with E-state index in [1.807, 2.05) is 0 Å². The third kappa shape index (κ3) is 5.72. The molecular weight excluding hydrogens is 244 g/mol. The molecule has 1 aromatic rings. The summed E-state index contributed by atoms with van der Waals surface area (Å²) in [6.45, 7) is 0.958. The first kappa shape index (κ1) is 15.5. The van der Waals surface area contributed by atoms with Gasteiger partial charge in [-0.05, 0) is 44.4 Å². The zero-order chi connectivity index (χ0) is 14.1. The molecule has 0 aliphatic carbocycles. The normalized spacial score (nSPS) is 12.1. The Morgan fingerprint density at radius 3 is 2.63 bits per heavy atom. The number of phenolic OH excluding ortho intramolecular Hbond substituents is 1. The van der Waals surface area contributed by atoms with Gasteiger partial charge in [0.2, 0.25) is 0 Å². The second-order valence-corrected chi connectivity index (χ2v) is 4.49. The third-order valence-electron chi connectivity index (χ3n) is 2.86. The maximum Gasteiger partial charge on any atom is 0.341 e. The fraction of sp³-hybridized carbons (Fsp3) is 0.500. The van der Waals surface area contributed by atoms with Gasteiger partial charge in [0, 0.05) is 6.04 Å². The van der Waals surface area contributed by atoms with Crippen LogP contribution in [0, 0.1) is 0 Å². The molecular formula is C14H22N2O3. The Morgan fingerprint density at radius 1 is 1.26 bits per heavy atom. The lowest BCUT2D eigenvalue weighted by Crippen LogP contribution is -2.21. The van der Waals surface area contributed by atoms with Crippen LogP contribution < -0.4 is 11.5 Å².